The number of aliphatic carboxylic acids is 1. The predicted molar refractivity (Wildman–Crippen MR) is 65.1 cm³/mol. The zero-order chi connectivity index (χ0) is 13.3. The molecule has 0 unspecified atom stereocenters. The van der Waals surface area contributed by atoms with Crippen molar-refractivity contribution in [2.24, 2.45) is 11.3 Å². The highest BCUT2D eigenvalue weighted by atomic mass is 16.5. The van der Waals surface area contributed by atoms with Crippen LogP contribution in [-0.2, 0) is 14.3 Å². The molecule has 1 saturated carbocycles. The number of hydrogen-bond donors (Lipinski definition) is 1. The maximum absolute atomic E-state index is 12.1. The summed E-state index contributed by atoms with van der Waals surface area (Å²) in [4.78, 5) is 24.8. The van der Waals surface area contributed by atoms with E-state index in [1.54, 1.807) is 18.7 Å². The summed E-state index contributed by atoms with van der Waals surface area (Å²) in [6.07, 6.45) is 2.45. The van der Waals surface area contributed by atoms with Gasteiger partial charge in [0.15, 0.2) is 0 Å². The maximum atomic E-state index is 12.1. The number of carboxylic acids is 1. The van der Waals surface area contributed by atoms with Gasteiger partial charge in [-0.25, -0.2) is 0 Å². The molecule has 102 valence electrons. The lowest BCUT2D eigenvalue weighted by Crippen LogP contribution is -2.40. The molecule has 0 aromatic rings. The van der Waals surface area contributed by atoms with Crippen LogP contribution in [0.25, 0.3) is 0 Å². The number of carboxylic acid groups (broad SMARTS) is 1. The van der Waals surface area contributed by atoms with Gasteiger partial charge in [0.25, 0.3) is 5.91 Å². The second kappa shape index (κ2) is 4.88. The van der Waals surface area contributed by atoms with E-state index in [2.05, 4.69) is 0 Å². The van der Waals surface area contributed by atoms with E-state index in [4.69, 9.17) is 9.84 Å². The second-order valence-corrected chi connectivity index (χ2v) is 5.79. The molecule has 1 aliphatic carbocycles. The van der Waals surface area contributed by atoms with E-state index in [-0.39, 0.29) is 12.5 Å². The zero-order valence-electron chi connectivity index (χ0n) is 11.0. The van der Waals surface area contributed by atoms with Crippen molar-refractivity contribution in [1.82, 2.24) is 4.90 Å². The molecule has 0 spiro atoms. The summed E-state index contributed by atoms with van der Waals surface area (Å²) in [5.41, 5.74) is -0.800. The maximum Gasteiger partial charge on any atom is 0.311 e. The van der Waals surface area contributed by atoms with Crippen LogP contribution in [-0.4, -0.2) is 47.7 Å². The summed E-state index contributed by atoms with van der Waals surface area (Å²) < 4.78 is 5.53. The molecule has 2 rings (SSSR count). The van der Waals surface area contributed by atoms with Crippen molar-refractivity contribution in [2.45, 2.75) is 39.2 Å². The summed E-state index contributed by atoms with van der Waals surface area (Å²) in [6, 6.07) is 0. The Morgan fingerprint density at radius 2 is 2.17 bits per heavy atom. The van der Waals surface area contributed by atoms with E-state index in [1.807, 2.05) is 0 Å². The molecule has 18 heavy (non-hydrogen) atoms. The van der Waals surface area contributed by atoms with Gasteiger partial charge in [0.2, 0.25) is 0 Å². The Bertz CT molecular complexity index is 353. The summed E-state index contributed by atoms with van der Waals surface area (Å²) in [5, 5.41) is 9.13. The third kappa shape index (κ3) is 2.83. The highest BCUT2D eigenvalue weighted by molar-refractivity contribution is 5.83. The smallest absolute Gasteiger partial charge is 0.311 e. The lowest BCUT2D eigenvalue weighted by molar-refractivity contribution is -0.148. The standard InChI is InChI=1S/C13H21NO4/c1-9(18-7-10-3-4-10)11(15)14-6-5-13(2,8-14)12(16)17/h9-10H,3-8H2,1-2H3,(H,16,17)/t9-,13-/m1/s1. The van der Waals surface area contributed by atoms with Crippen LogP contribution in [0.3, 0.4) is 0 Å². The van der Waals surface area contributed by atoms with Gasteiger partial charge in [-0.2, -0.15) is 0 Å². The molecule has 2 aliphatic rings. The lowest BCUT2D eigenvalue weighted by atomic mass is 9.90. The summed E-state index contributed by atoms with van der Waals surface area (Å²) in [6.45, 7) is 4.90. The van der Waals surface area contributed by atoms with Crippen LogP contribution in [0, 0.1) is 11.3 Å². The summed E-state index contributed by atoms with van der Waals surface area (Å²) >= 11 is 0. The van der Waals surface area contributed by atoms with Gasteiger partial charge in [0.05, 0.1) is 12.0 Å². The minimum absolute atomic E-state index is 0.0828. The van der Waals surface area contributed by atoms with Crippen LogP contribution in [0.4, 0.5) is 0 Å². The highest BCUT2D eigenvalue weighted by Crippen LogP contribution is 2.31. The van der Waals surface area contributed by atoms with Crippen molar-refractivity contribution in [2.75, 3.05) is 19.7 Å². The van der Waals surface area contributed by atoms with Crippen molar-refractivity contribution in [1.29, 1.82) is 0 Å². The predicted octanol–water partition coefficient (Wildman–Crippen LogP) is 1.12. The molecule has 5 nitrogen and oxygen atoms in total. The Kier molecular flexibility index (Phi) is 3.61. The average Bonchev–Trinajstić information content (AvgIpc) is 3.07. The number of nitrogens with zero attached hydrogens (tertiary/aromatic N) is 1. The Morgan fingerprint density at radius 3 is 2.67 bits per heavy atom. The first-order chi connectivity index (χ1) is 8.42. The van der Waals surface area contributed by atoms with Crippen LogP contribution in [0.2, 0.25) is 0 Å². The van der Waals surface area contributed by atoms with E-state index < -0.39 is 17.5 Å². The fraction of sp³-hybridized carbons (Fsp3) is 0.846. The third-order valence-electron chi connectivity index (χ3n) is 3.93. The molecule has 2 fully saturated rings. The number of carbonyl (C=O) groups is 2. The fourth-order valence-electron chi connectivity index (χ4n) is 2.22. The Balaban J connectivity index is 1.83. The Hall–Kier alpha value is -1.10. The van der Waals surface area contributed by atoms with Crippen molar-refractivity contribution in [3.8, 4) is 0 Å². The number of rotatable bonds is 5. The van der Waals surface area contributed by atoms with Crippen molar-refractivity contribution in [3.05, 3.63) is 0 Å². The second-order valence-electron chi connectivity index (χ2n) is 5.79. The number of likely N-dealkylation sites (tertiary alicyclic amines) is 1. The van der Waals surface area contributed by atoms with E-state index >= 15 is 0 Å². The molecular formula is C13H21NO4. The number of amides is 1. The molecule has 1 saturated heterocycles. The number of hydrogen-bond acceptors (Lipinski definition) is 3. The molecule has 5 heteroatoms. The van der Waals surface area contributed by atoms with Crippen LogP contribution in [0.1, 0.15) is 33.1 Å². The average molecular weight is 255 g/mol. The normalized spacial score (nSPS) is 29.3. The van der Waals surface area contributed by atoms with Crippen molar-refractivity contribution in [3.63, 3.8) is 0 Å². The topological polar surface area (TPSA) is 66.8 Å². The molecular weight excluding hydrogens is 234 g/mol. The van der Waals surface area contributed by atoms with Crippen LogP contribution >= 0.6 is 0 Å². The van der Waals surface area contributed by atoms with Gasteiger partial charge in [-0.3, -0.25) is 9.59 Å². The van der Waals surface area contributed by atoms with Gasteiger partial charge in [-0.05, 0) is 39.0 Å². The first-order valence-electron chi connectivity index (χ1n) is 6.56. The first kappa shape index (κ1) is 13.3. The van der Waals surface area contributed by atoms with Crippen molar-refractivity contribution < 1.29 is 19.4 Å². The van der Waals surface area contributed by atoms with E-state index in [9.17, 15) is 9.59 Å². The van der Waals surface area contributed by atoms with Gasteiger partial charge >= 0.3 is 5.97 Å². The molecule has 2 atom stereocenters. The summed E-state index contributed by atoms with van der Waals surface area (Å²) in [7, 11) is 0. The molecule has 0 aromatic heterocycles. The first-order valence-corrected chi connectivity index (χ1v) is 6.56. The number of ether oxygens (including phenoxy) is 1. The molecule has 1 N–H and O–H groups in total. The molecule has 1 aliphatic heterocycles. The van der Waals surface area contributed by atoms with Gasteiger partial charge < -0.3 is 14.7 Å². The highest BCUT2D eigenvalue weighted by Gasteiger charge is 2.43. The monoisotopic (exact) mass is 255 g/mol. The molecule has 0 bridgehead atoms. The van der Waals surface area contributed by atoms with Crippen molar-refractivity contribution >= 4 is 11.9 Å². The van der Waals surface area contributed by atoms with Gasteiger partial charge in [-0.15, -0.1) is 0 Å². The lowest BCUT2D eigenvalue weighted by Gasteiger charge is -2.23. The largest absolute Gasteiger partial charge is 0.481 e. The van der Waals surface area contributed by atoms with Gasteiger partial charge in [0.1, 0.15) is 6.10 Å². The van der Waals surface area contributed by atoms with Crippen LogP contribution in [0.5, 0.6) is 0 Å². The quantitative estimate of drug-likeness (QED) is 0.799. The molecule has 0 aromatic carbocycles. The third-order valence-corrected chi connectivity index (χ3v) is 3.93. The zero-order valence-corrected chi connectivity index (χ0v) is 11.0. The minimum atomic E-state index is -0.829. The molecule has 1 amide bonds. The number of carbonyl (C=O) groups excluding carboxylic acids is 1. The molecule has 1 heterocycles. The van der Waals surface area contributed by atoms with E-state index in [0.717, 1.165) is 0 Å². The van der Waals surface area contributed by atoms with Gasteiger partial charge in [0, 0.05) is 13.1 Å². The minimum Gasteiger partial charge on any atom is -0.481 e. The van der Waals surface area contributed by atoms with Gasteiger partial charge in [-0.1, -0.05) is 0 Å². The van der Waals surface area contributed by atoms with E-state index in [0.29, 0.717) is 25.5 Å². The van der Waals surface area contributed by atoms with Crippen LogP contribution < -0.4 is 0 Å². The SMILES string of the molecule is C[C@@H](OCC1CC1)C(=O)N1CC[C@@](C)(C(=O)O)C1. The van der Waals surface area contributed by atoms with Crippen LogP contribution in [0.15, 0.2) is 0 Å². The Labute approximate surface area is 107 Å². The Morgan fingerprint density at radius 1 is 1.50 bits per heavy atom. The summed E-state index contributed by atoms with van der Waals surface area (Å²) in [5.74, 6) is -0.284. The van der Waals surface area contributed by atoms with E-state index in [1.165, 1.54) is 12.8 Å². The molecule has 0 radical (unpaired) electrons. The fourth-order valence-corrected chi connectivity index (χ4v) is 2.22.